The van der Waals surface area contributed by atoms with Crippen molar-refractivity contribution in [3.63, 3.8) is 0 Å². The predicted molar refractivity (Wildman–Crippen MR) is 112 cm³/mol. The summed E-state index contributed by atoms with van der Waals surface area (Å²) in [6, 6.07) is 15.8. The number of likely N-dealkylation sites (tertiary alicyclic amines) is 1. The number of rotatable bonds is 7. The number of fused-ring (bicyclic) bond motifs is 1. The van der Waals surface area contributed by atoms with Crippen LogP contribution >= 0.6 is 0 Å². The van der Waals surface area contributed by atoms with Gasteiger partial charge >= 0.3 is 0 Å². The molecule has 0 bridgehead atoms. The van der Waals surface area contributed by atoms with Gasteiger partial charge in [-0.15, -0.1) is 0 Å². The molecule has 0 spiro atoms. The Bertz CT molecular complexity index is 835. The first kappa shape index (κ1) is 19.7. The fourth-order valence-electron chi connectivity index (χ4n) is 4.24. The average Bonchev–Trinajstić information content (AvgIpc) is 3.40. The third kappa shape index (κ3) is 4.38. The maximum Gasteiger partial charge on any atom is 0.242 e. The molecule has 2 unspecified atom stereocenters. The SMILES string of the molecule is CN(C)C(C(=O)NCC(c1ccc2c(c1)OCO2)N1CCCC1)c1ccccc1. The quantitative estimate of drug-likeness (QED) is 0.781. The minimum Gasteiger partial charge on any atom is -0.454 e. The lowest BCUT2D eigenvalue weighted by atomic mass is 10.0. The molecule has 2 aromatic carbocycles. The van der Waals surface area contributed by atoms with Gasteiger partial charge in [-0.3, -0.25) is 14.6 Å². The molecule has 154 valence electrons. The molecule has 2 aromatic rings. The van der Waals surface area contributed by atoms with Crippen molar-refractivity contribution in [3.8, 4) is 11.5 Å². The molecule has 0 aromatic heterocycles. The lowest BCUT2D eigenvalue weighted by Crippen LogP contribution is -2.41. The first-order chi connectivity index (χ1) is 14.1. The molecular weight excluding hydrogens is 366 g/mol. The number of amides is 1. The van der Waals surface area contributed by atoms with Crippen molar-refractivity contribution in [2.24, 2.45) is 0 Å². The van der Waals surface area contributed by atoms with Gasteiger partial charge < -0.3 is 14.8 Å². The summed E-state index contributed by atoms with van der Waals surface area (Å²) in [7, 11) is 3.88. The van der Waals surface area contributed by atoms with E-state index in [2.05, 4.69) is 22.3 Å². The molecule has 29 heavy (non-hydrogen) atoms. The van der Waals surface area contributed by atoms with Gasteiger partial charge in [0, 0.05) is 6.54 Å². The standard InChI is InChI=1S/C23H29N3O3/c1-25(2)22(17-8-4-3-5-9-17)23(27)24-15-19(26-12-6-7-13-26)18-10-11-20-21(14-18)29-16-28-20/h3-5,8-11,14,19,22H,6-7,12-13,15-16H2,1-2H3,(H,24,27). The van der Waals surface area contributed by atoms with Crippen molar-refractivity contribution < 1.29 is 14.3 Å². The molecule has 6 nitrogen and oxygen atoms in total. The molecule has 2 atom stereocenters. The van der Waals surface area contributed by atoms with Crippen LogP contribution in [0.3, 0.4) is 0 Å². The van der Waals surface area contributed by atoms with Crippen LogP contribution in [0.2, 0.25) is 0 Å². The number of hydrogen-bond acceptors (Lipinski definition) is 5. The van der Waals surface area contributed by atoms with E-state index in [0.717, 1.165) is 35.7 Å². The number of hydrogen-bond donors (Lipinski definition) is 1. The number of carbonyl (C=O) groups excluding carboxylic acids is 1. The number of benzene rings is 2. The van der Waals surface area contributed by atoms with Crippen LogP contribution in [-0.2, 0) is 4.79 Å². The zero-order valence-corrected chi connectivity index (χ0v) is 17.1. The second kappa shape index (κ2) is 8.84. The Balaban J connectivity index is 1.51. The highest BCUT2D eigenvalue weighted by Crippen LogP contribution is 2.36. The number of nitrogens with zero attached hydrogens (tertiary/aromatic N) is 2. The van der Waals surface area contributed by atoms with Crippen molar-refractivity contribution in [2.45, 2.75) is 24.9 Å². The summed E-state index contributed by atoms with van der Waals surface area (Å²) in [5, 5.41) is 3.21. The molecule has 1 amide bonds. The van der Waals surface area contributed by atoms with Crippen LogP contribution in [0.15, 0.2) is 48.5 Å². The first-order valence-electron chi connectivity index (χ1n) is 10.3. The maximum absolute atomic E-state index is 13.1. The molecule has 0 radical (unpaired) electrons. The van der Waals surface area contributed by atoms with Crippen LogP contribution in [0, 0.1) is 0 Å². The van der Waals surface area contributed by atoms with Crippen molar-refractivity contribution in [1.29, 1.82) is 0 Å². The third-order valence-corrected chi connectivity index (χ3v) is 5.71. The van der Waals surface area contributed by atoms with E-state index >= 15 is 0 Å². The van der Waals surface area contributed by atoms with Gasteiger partial charge in [0.2, 0.25) is 12.7 Å². The van der Waals surface area contributed by atoms with E-state index in [0.29, 0.717) is 6.54 Å². The van der Waals surface area contributed by atoms with Crippen LogP contribution in [0.1, 0.15) is 36.1 Å². The van der Waals surface area contributed by atoms with E-state index in [1.807, 2.05) is 55.4 Å². The molecule has 2 aliphatic heterocycles. The summed E-state index contributed by atoms with van der Waals surface area (Å²) in [5.41, 5.74) is 2.15. The van der Waals surface area contributed by atoms with Crippen LogP contribution in [0.4, 0.5) is 0 Å². The zero-order valence-electron chi connectivity index (χ0n) is 17.1. The molecule has 2 aliphatic rings. The zero-order chi connectivity index (χ0) is 20.2. The van der Waals surface area contributed by atoms with Gasteiger partial charge in [-0.2, -0.15) is 0 Å². The van der Waals surface area contributed by atoms with E-state index in [9.17, 15) is 4.79 Å². The van der Waals surface area contributed by atoms with Crippen molar-refractivity contribution in [2.75, 3.05) is 40.5 Å². The highest BCUT2D eigenvalue weighted by molar-refractivity contribution is 5.83. The van der Waals surface area contributed by atoms with E-state index in [4.69, 9.17) is 9.47 Å². The minimum absolute atomic E-state index is 0.0196. The molecule has 1 fully saturated rings. The highest BCUT2D eigenvalue weighted by Gasteiger charge is 2.28. The molecule has 1 N–H and O–H groups in total. The second-order valence-corrected chi connectivity index (χ2v) is 7.89. The predicted octanol–water partition coefficient (Wildman–Crippen LogP) is 2.97. The molecule has 4 rings (SSSR count). The molecule has 2 heterocycles. The van der Waals surface area contributed by atoms with Crippen molar-refractivity contribution in [1.82, 2.24) is 15.1 Å². The van der Waals surface area contributed by atoms with Gasteiger partial charge in [0.25, 0.3) is 0 Å². The van der Waals surface area contributed by atoms with Crippen LogP contribution in [0.5, 0.6) is 11.5 Å². The van der Waals surface area contributed by atoms with Crippen LogP contribution < -0.4 is 14.8 Å². The lowest BCUT2D eigenvalue weighted by Gasteiger charge is -2.30. The van der Waals surface area contributed by atoms with E-state index < -0.39 is 0 Å². The fourth-order valence-corrected chi connectivity index (χ4v) is 4.24. The van der Waals surface area contributed by atoms with E-state index in [1.165, 1.54) is 12.8 Å². The summed E-state index contributed by atoms with van der Waals surface area (Å²) in [6.45, 7) is 2.93. The van der Waals surface area contributed by atoms with Gasteiger partial charge in [0.15, 0.2) is 11.5 Å². The number of likely N-dealkylation sites (N-methyl/N-ethyl adjacent to an activating group) is 1. The topological polar surface area (TPSA) is 54.0 Å². The van der Waals surface area contributed by atoms with Crippen LogP contribution in [0.25, 0.3) is 0 Å². The van der Waals surface area contributed by atoms with Crippen molar-refractivity contribution in [3.05, 3.63) is 59.7 Å². The maximum atomic E-state index is 13.1. The molecule has 1 saturated heterocycles. The van der Waals surface area contributed by atoms with Gasteiger partial charge in [-0.05, 0) is 63.3 Å². The fraction of sp³-hybridized carbons (Fsp3) is 0.435. The second-order valence-electron chi connectivity index (χ2n) is 7.89. The van der Waals surface area contributed by atoms with E-state index in [-0.39, 0.29) is 24.8 Å². The van der Waals surface area contributed by atoms with Crippen LogP contribution in [-0.4, -0.2) is 56.2 Å². The van der Waals surface area contributed by atoms with Gasteiger partial charge in [-0.1, -0.05) is 36.4 Å². The Kier molecular flexibility index (Phi) is 6.02. The summed E-state index contributed by atoms with van der Waals surface area (Å²) in [5.74, 6) is 1.59. The summed E-state index contributed by atoms with van der Waals surface area (Å²) in [4.78, 5) is 17.5. The van der Waals surface area contributed by atoms with E-state index in [1.54, 1.807) is 0 Å². The monoisotopic (exact) mass is 395 g/mol. The number of carbonyl (C=O) groups is 1. The molecule has 0 saturated carbocycles. The Morgan fingerprint density at radius 1 is 1.03 bits per heavy atom. The minimum atomic E-state index is -0.313. The van der Waals surface area contributed by atoms with Gasteiger partial charge in [0.05, 0.1) is 6.04 Å². The Hall–Kier alpha value is -2.57. The lowest BCUT2D eigenvalue weighted by molar-refractivity contribution is -0.126. The largest absolute Gasteiger partial charge is 0.454 e. The third-order valence-electron chi connectivity index (χ3n) is 5.71. The highest BCUT2D eigenvalue weighted by atomic mass is 16.7. The number of ether oxygens (including phenoxy) is 2. The first-order valence-corrected chi connectivity index (χ1v) is 10.3. The normalized spacial score (nSPS) is 18.0. The summed E-state index contributed by atoms with van der Waals surface area (Å²) >= 11 is 0. The smallest absolute Gasteiger partial charge is 0.242 e. The van der Waals surface area contributed by atoms with Crippen molar-refractivity contribution >= 4 is 5.91 Å². The summed E-state index contributed by atoms with van der Waals surface area (Å²) in [6.07, 6.45) is 2.39. The Morgan fingerprint density at radius 3 is 2.48 bits per heavy atom. The molecule has 0 aliphatic carbocycles. The number of nitrogens with one attached hydrogen (secondary N) is 1. The Morgan fingerprint density at radius 2 is 1.76 bits per heavy atom. The molecular formula is C23H29N3O3. The molecule has 6 heteroatoms. The van der Waals surface area contributed by atoms with Gasteiger partial charge in [0.1, 0.15) is 6.04 Å². The average molecular weight is 396 g/mol. The Labute approximate surface area is 172 Å². The van der Waals surface area contributed by atoms with Gasteiger partial charge in [-0.25, -0.2) is 0 Å². The summed E-state index contributed by atoms with van der Waals surface area (Å²) < 4.78 is 11.0.